The molecule has 0 unspecified atom stereocenters. The number of nitrogens with zero attached hydrogens (tertiary/aromatic N) is 2. The highest BCUT2D eigenvalue weighted by Gasteiger charge is 2.32. The molecule has 1 N–H and O–H groups in total. The number of hydrogen-bond donors (Lipinski definition) is 1. The topological polar surface area (TPSA) is 76.9 Å². The Morgan fingerprint density at radius 2 is 2.17 bits per heavy atom. The van der Waals surface area contributed by atoms with E-state index in [9.17, 15) is 14.5 Å². The first kappa shape index (κ1) is 15.9. The van der Waals surface area contributed by atoms with E-state index in [0.29, 0.717) is 43.2 Å². The second kappa shape index (κ2) is 6.67. The highest BCUT2D eigenvalue weighted by molar-refractivity contribution is 5.77. The van der Waals surface area contributed by atoms with Gasteiger partial charge in [-0.25, -0.2) is 4.39 Å². The number of nitro groups is 1. The number of nitrogens with one attached hydrogen (secondary N) is 1. The summed E-state index contributed by atoms with van der Waals surface area (Å²) in [6, 6.07) is 1.22. The largest absolute Gasteiger partial charge is 0.380 e. The van der Waals surface area contributed by atoms with Gasteiger partial charge in [-0.05, 0) is 12.8 Å². The number of hydrogen-bond acceptors (Lipinski definition) is 6. The first-order valence-corrected chi connectivity index (χ1v) is 7.69. The van der Waals surface area contributed by atoms with Crippen LogP contribution < -0.4 is 10.2 Å². The number of anilines is 2. The molecular formula is C15H20FN3O4. The molecule has 1 saturated carbocycles. The number of morpholine rings is 1. The minimum atomic E-state index is -0.591. The van der Waals surface area contributed by atoms with Crippen molar-refractivity contribution < 1.29 is 18.8 Å². The third kappa shape index (κ3) is 3.37. The van der Waals surface area contributed by atoms with Gasteiger partial charge < -0.3 is 19.7 Å². The Morgan fingerprint density at radius 3 is 2.74 bits per heavy atom. The Morgan fingerprint density at radius 1 is 1.48 bits per heavy atom. The van der Waals surface area contributed by atoms with Crippen LogP contribution in [0.5, 0.6) is 0 Å². The highest BCUT2D eigenvalue weighted by atomic mass is 19.1. The SMILES string of the molecule is COCc1c(NC2CC2)c([N+](=O)[O-])cc(F)c1N1CCOCC1. The number of ether oxygens (including phenoxy) is 2. The Labute approximate surface area is 133 Å². The van der Waals surface area contributed by atoms with E-state index in [-0.39, 0.29) is 18.3 Å². The summed E-state index contributed by atoms with van der Waals surface area (Å²) >= 11 is 0. The zero-order chi connectivity index (χ0) is 16.4. The van der Waals surface area contributed by atoms with Crippen LogP contribution >= 0.6 is 0 Å². The van der Waals surface area contributed by atoms with Gasteiger partial charge in [0.15, 0.2) is 5.82 Å². The number of benzene rings is 1. The molecule has 8 heteroatoms. The van der Waals surface area contributed by atoms with Gasteiger partial charge in [0, 0.05) is 31.8 Å². The number of nitro benzene ring substituents is 1. The molecule has 0 spiro atoms. The molecule has 23 heavy (non-hydrogen) atoms. The smallest absolute Gasteiger partial charge is 0.295 e. The van der Waals surface area contributed by atoms with Crippen molar-refractivity contribution in [2.24, 2.45) is 0 Å². The second-order valence-electron chi connectivity index (χ2n) is 5.79. The fourth-order valence-corrected chi connectivity index (χ4v) is 2.83. The van der Waals surface area contributed by atoms with Crippen LogP contribution in [0.4, 0.5) is 21.5 Å². The standard InChI is InChI=1S/C15H20FN3O4/c1-22-9-11-14(17-10-2-3-10)13(19(20)21)8-12(16)15(11)18-4-6-23-7-5-18/h8,10,17H,2-7,9H2,1H3. The average Bonchev–Trinajstić information content (AvgIpc) is 3.34. The molecule has 2 fully saturated rings. The Balaban J connectivity index is 2.10. The fraction of sp³-hybridized carbons (Fsp3) is 0.600. The van der Waals surface area contributed by atoms with Gasteiger partial charge in [-0.3, -0.25) is 10.1 Å². The summed E-state index contributed by atoms with van der Waals surface area (Å²) in [6.07, 6.45) is 1.93. The van der Waals surface area contributed by atoms with E-state index >= 15 is 0 Å². The van der Waals surface area contributed by atoms with Crippen LogP contribution in [0.2, 0.25) is 0 Å². The molecule has 1 heterocycles. The van der Waals surface area contributed by atoms with E-state index in [2.05, 4.69) is 5.32 Å². The molecule has 3 rings (SSSR count). The lowest BCUT2D eigenvalue weighted by atomic mass is 10.1. The zero-order valence-corrected chi connectivity index (χ0v) is 13.0. The molecule has 1 aromatic carbocycles. The van der Waals surface area contributed by atoms with Crippen LogP contribution in [0, 0.1) is 15.9 Å². The molecule has 126 valence electrons. The maximum Gasteiger partial charge on any atom is 0.295 e. The molecular weight excluding hydrogens is 305 g/mol. The van der Waals surface area contributed by atoms with Crippen LogP contribution in [-0.4, -0.2) is 44.4 Å². The van der Waals surface area contributed by atoms with Gasteiger partial charge >= 0.3 is 0 Å². The Kier molecular flexibility index (Phi) is 4.63. The maximum atomic E-state index is 14.6. The summed E-state index contributed by atoms with van der Waals surface area (Å²) in [5.41, 5.74) is 1.03. The third-order valence-electron chi connectivity index (χ3n) is 4.07. The lowest BCUT2D eigenvalue weighted by Crippen LogP contribution is -2.37. The van der Waals surface area contributed by atoms with Gasteiger partial charge in [-0.1, -0.05) is 0 Å². The summed E-state index contributed by atoms with van der Waals surface area (Å²) in [5.74, 6) is -0.591. The summed E-state index contributed by atoms with van der Waals surface area (Å²) in [6.45, 7) is 2.23. The van der Waals surface area contributed by atoms with Crippen molar-refractivity contribution in [3.8, 4) is 0 Å². The van der Waals surface area contributed by atoms with Crippen LogP contribution in [0.15, 0.2) is 6.07 Å². The summed E-state index contributed by atoms with van der Waals surface area (Å²) in [4.78, 5) is 12.7. The minimum absolute atomic E-state index is 0.111. The van der Waals surface area contributed by atoms with Crippen molar-refractivity contribution in [1.29, 1.82) is 0 Å². The van der Waals surface area contributed by atoms with Crippen LogP contribution in [0.1, 0.15) is 18.4 Å². The van der Waals surface area contributed by atoms with E-state index in [1.807, 2.05) is 4.90 Å². The first-order chi connectivity index (χ1) is 11.1. The third-order valence-corrected chi connectivity index (χ3v) is 4.07. The van der Waals surface area contributed by atoms with Crippen molar-refractivity contribution in [2.75, 3.05) is 43.6 Å². The van der Waals surface area contributed by atoms with Crippen LogP contribution in [0.3, 0.4) is 0 Å². The summed E-state index contributed by atoms with van der Waals surface area (Å²) in [5, 5.41) is 14.5. The first-order valence-electron chi connectivity index (χ1n) is 7.69. The predicted octanol–water partition coefficient (Wildman–Crippen LogP) is 2.29. The predicted molar refractivity (Wildman–Crippen MR) is 83.4 cm³/mol. The monoisotopic (exact) mass is 325 g/mol. The van der Waals surface area contributed by atoms with Gasteiger partial charge in [0.25, 0.3) is 5.69 Å². The molecule has 2 aliphatic rings. The van der Waals surface area contributed by atoms with Crippen LogP contribution in [-0.2, 0) is 16.1 Å². The molecule has 1 saturated heterocycles. The normalized spacial score (nSPS) is 18.1. The van der Waals surface area contributed by atoms with E-state index in [4.69, 9.17) is 9.47 Å². The van der Waals surface area contributed by atoms with Gasteiger partial charge in [-0.15, -0.1) is 0 Å². The van der Waals surface area contributed by atoms with Crippen LogP contribution in [0.25, 0.3) is 0 Å². The number of methoxy groups -OCH3 is 1. The lowest BCUT2D eigenvalue weighted by Gasteiger charge is -2.31. The quantitative estimate of drug-likeness (QED) is 0.639. The van der Waals surface area contributed by atoms with E-state index in [1.54, 1.807) is 0 Å². The van der Waals surface area contributed by atoms with Gasteiger partial charge in [0.2, 0.25) is 0 Å². The maximum absolute atomic E-state index is 14.6. The van der Waals surface area contributed by atoms with Crippen molar-refractivity contribution in [2.45, 2.75) is 25.5 Å². The van der Waals surface area contributed by atoms with Crippen molar-refractivity contribution in [3.05, 3.63) is 27.6 Å². The van der Waals surface area contributed by atoms with Crippen molar-refractivity contribution in [1.82, 2.24) is 0 Å². The lowest BCUT2D eigenvalue weighted by molar-refractivity contribution is -0.384. The van der Waals surface area contributed by atoms with Gasteiger partial charge in [-0.2, -0.15) is 0 Å². The summed E-state index contributed by atoms with van der Waals surface area (Å²) in [7, 11) is 1.50. The molecule has 1 aliphatic heterocycles. The van der Waals surface area contributed by atoms with E-state index < -0.39 is 10.7 Å². The Bertz CT molecular complexity index is 601. The van der Waals surface area contributed by atoms with Crippen molar-refractivity contribution >= 4 is 17.1 Å². The minimum Gasteiger partial charge on any atom is -0.380 e. The molecule has 0 bridgehead atoms. The molecule has 1 aromatic rings. The van der Waals surface area contributed by atoms with Gasteiger partial charge in [0.05, 0.1) is 36.5 Å². The molecule has 1 aliphatic carbocycles. The molecule has 7 nitrogen and oxygen atoms in total. The highest BCUT2D eigenvalue weighted by Crippen LogP contribution is 2.41. The van der Waals surface area contributed by atoms with E-state index in [1.165, 1.54) is 7.11 Å². The van der Waals surface area contributed by atoms with Gasteiger partial charge in [0.1, 0.15) is 5.69 Å². The Hall–Kier alpha value is -1.93. The average molecular weight is 325 g/mol. The van der Waals surface area contributed by atoms with E-state index in [0.717, 1.165) is 18.9 Å². The zero-order valence-electron chi connectivity index (χ0n) is 13.0. The molecule has 0 radical (unpaired) electrons. The molecule has 0 aromatic heterocycles. The number of halogens is 1. The second-order valence-corrected chi connectivity index (χ2v) is 5.79. The van der Waals surface area contributed by atoms with Crippen molar-refractivity contribution in [3.63, 3.8) is 0 Å². The molecule has 0 atom stereocenters. The summed E-state index contributed by atoms with van der Waals surface area (Å²) < 4.78 is 25.2. The fourth-order valence-electron chi connectivity index (χ4n) is 2.83. The number of rotatable bonds is 6. The molecule has 0 amide bonds.